The first kappa shape index (κ1) is 18.2. The summed E-state index contributed by atoms with van der Waals surface area (Å²) in [5.74, 6) is -0.0714. The van der Waals surface area contributed by atoms with Crippen molar-refractivity contribution in [2.45, 2.75) is 47.1 Å². The molecule has 0 amide bonds. The number of carbonyl (C=O) groups excluding carboxylic acids is 2. The molecule has 4 nitrogen and oxygen atoms in total. The highest BCUT2D eigenvalue weighted by Gasteiger charge is 2.46. The molecule has 0 N–H and O–H groups in total. The molecule has 1 saturated carbocycles. The summed E-state index contributed by atoms with van der Waals surface area (Å²) in [5.41, 5.74) is 0.659. The molecule has 0 heterocycles. The Bertz CT molecular complexity index is 659. The minimum atomic E-state index is -0.556. The molecule has 1 aromatic carbocycles. The average Bonchev–Trinajstić information content (AvgIpc) is 2.70. The largest absolute Gasteiger partial charge is 0.458 e. The highest BCUT2D eigenvalue weighted by atomic mass is 16.6. The van der Waals surface area contributed by atoms with E-state index in [9.17, 15) is 9.59 Å². The fraction of sp³-hybridized carbons (Fsp3) is 0.500. The summed E-state index contributed by atoms with van der Waals surface area (Å²) in [6.45, 7) is 13.8. The Morgan fingerprint density at radius 2 is 1.83 bits per heavy atom. The topological polar surface area (TPSA) is 52.6 Å². The molecule has 0 bridgehead atoms. The van der Waals surface area contributed by atoms with Crippen LogP contribution in [0.4, 0.5) is 0 Å². The zero-order valence-corrected chi connectivity index (χ0v) is 15.1. The summed E-state index contributed by atoms with van der Waals surface area (Å²) in [6, 6.07) is 6.63. The number of rotatable bonds is 4. The maximum atomic E-state index is 12.6. The van der Waals surface area contributed by atoms with Gasteiger partial charge < -0.3 is 9.47 Å². The van der Waals surface area contributed by atoms with Gasteiger partial charge in [-0.15, -0.1) is 0 Å². The van der Waals surface area contributed by atoms with Gasteiger partial charge in [0.1, 0.15) is 17.4 Å². The average molecular weight is 330 g/mol. The minimum absolute atomic E-state index is 0.122. The van der Waals surface area contributed by atoms with Gasteiger partial charge in [-0.2, -0.15) is 0 Å². The SMILES string of the molecule is C=C(C)C(=O)Oc1ccccc1C(=O)OC1CC(C)C(C)(C)C1C. The van der Waals surface area contributed by atoms with E-state index in [2.05, 4.69) is 34.3 Å². The number of hydrogen-bond acceptors (Lipinski definition) is 4. The molecule has 2 rings (SSSR count). The van der Waals surface area contributed by atoms with Crippen molar-refractivity contribution in [2.75, 3.05) is 0 Å². The van der Waals surface area contributed by atoms with Gasteiger partial charge in [-0.1, -0.05) is 46.4 Å². The van der Waals surface area contributed by atoms with E-state index in [1.165, 1.54) is 0 Å². The fourth-order valence-electron chi connectivity index (χ4n) is 3.05. The molecule has 0 saturated heterocycles. The van der Waals surface area contributed by atoms with Crippen LogP contribution in [0, 0.1) is 17.3 Å². The van der Waals surface area contributed by atoms with Gasteiger partial charge in [0, 0.05) is 5.57 Å². The number of hydrogen-bond donors (Lipinski definition) is 0. The predicted octanol–water partition coefficient (Wildman–Crippen LogP) is 4.40. The van der Waals surface area contributed by atoms with Crippen LogP contribution in [-0.4, -0.2) is 18.0 Å². The molecule has 4 heteroatoms. The molecule has 130 valence electrons. The van der Waals surface area contributed by atoms with Crippen molar-refractivity contribution in [3.63, 3.8) is 0 Å². The van der Waals surface area contributed by atoms with Gasteiger partial charge in [0.25, 0.3) is 0 Å². The van der Waals surface area contributed by atoms with Crippen LogP contribution in [0.25, 0.3) is 0 Å². The molecule has 0 aromatic heterocycles. The first-order valence-electron chi connectivity index (χ1n) is 8.32. The van der Waals surface area contributed by atoms with Crippen molar-refractivity contribution in [1.29, 1.82) is 0 Å². The van der Waals surface area contributed by atoms with Crippen molar-refractivity contribution in [2.24, 2.45) is 17.3 Å². The van der Waals surface area contributed by atoms with Crippen LogP contribution in [0.1, 0.15) is 51.4 Å². The molecule has 1 fully saturated rings. The Hall–Kier alpha value is -2.10. The second-order valence-corrected chi connectivity index (χ2v) is 7.36. The highest BCUT2D eigenvalue weighted by Crippen LogP contribution is 2.48. The molecule has 24 heavy (non-hydrogen) atoms. The van der Waals surface area contributed by atoms with E-state index in [4.69, 9.17) is 9.47 Å². The summed E-state index contributed by atoms with van der Waals surface area (Å²) in [4.78, 5) is 24.3. The Morgan fingerprint density at radius 1 is 1.21 bits per heavy atom. The van der Waals surface area contributed by atoms with E-state index in [1.54, 1.807) is 31.2 Å². The van der Waals surface area contributed by atoms with Crippen molar-refractivity contribution in [3.8, 4) is 5.75 Å². The molecule has 0 radical (unpaired) electrons. The first-order valence-corrected chi connectivity index (χ1v) is 8.32. The van der Waals surface area contributed by atoms with Gasteiger partial charge in [-0.05, 0) is 42.7 Å². The number of para-hydroxylation sites is 1. The first-order chi connectivity index (χ1) is 11.1. The molecule has 1 aliphatic carbocycles. The lowest BCUT2D eigenvalue weighted by atomic mass is 9.77. The predicted molar refractivity (Wildman–Crippen MR) is 92.8 cm³/mol. The summed E-state index contributed by atoms with van der Waals surface area (Å²) in [7, 11) is 0. The molecule has 3 unspecified atom stereocenters. The lowest BCUT2D eigenvalue weighted by Crippen LogP contribution is -2.28. The van der Waals surface area contributed by atoms with E-state index in [-0.39, 0.29) is 34.3 Å². The Labute approximate surface area is 143 Å². The third-order valence-corrected chi connectivity index (χ3v) is 5.50. The minimum Gasteiger partial charge on any atom is -0.458 e. The van der Waals surface area contributed by atoms with Crippen molar-refractivity contribution in [1.82, 2.24) is 0 Å². The second kappa shape index (κ2) is 6.80. The van der Waals surface area contributed by atoms with Gasteiger partial charge in [0.05, 0.1) is 0 Å². The van der Waals surface area contributed by atoms with Crippen LogP contribution in [0.3, 0.4) is 0 Å². The van der Waals surface area contributed by atoms with Gasteiger partial charge >= 0.3 is 11.9 Å². The second-order valence-electron chi connectivity index (χ2n) is 7.36. The standard InChI is InChI=1S/C20H26O4/c1-12(2)18(21)23-16-10-8-7-9-15(16)19(22)24-17-11-13(3)20(5,6)14(17)4/h7-10,13-14,17H,1,11H2,2-6H3. The monoisotopic (exact) mass is 330 g/mol. The number of ether oxygens (including phenoxy) is 2. The third kappa shape index (κ3) is 3.53. The number of benzene rings is 1. The Morgan fingerprint density at radius 3 is 2.38 bits per heavy atom. The normalized spacial score (nSPS) is 25.1. The molecular weight excluding hydrogens is 304 g/mol. The van der Waals surface area contributed by atoms with Gasteiger partial charge in [0.2, 0.25) is 0 Å². The van der Waals surface area contributed by atoms with Crippen molar-refractivity contribution in [3.05, 3.63) is 42.0 Å². The van der Waals surface area contributed by atoms with Crippen LogP contribution in [0.5, 0.6) is 5.75 Å². The summed E-state index contributed by atoms with van der Waals surface area (Å²) < 4.78 is 11.0. The lowest BCUT2D eigenvalue weighted by Gasteiger charge is -2.29. The van der Waals surface area contributed by atoms with Crippen LogP contribution < -0.4 is 4.74 Å². The fourth-order valence-corrected chi connectivity index (χ4v) is 3.05. The summed E-state index contributed by atoms with van der Waals surface area (Å²) in [5, 5.41) is 0. The molecular formula is C20H26O4. The maximum Gasteiger partial charge on any atom is 0.342 e. The Kier molecular flexibility index (Phi) is 5.16. The van der Waals surface area contributed by atoms with E-state index in [0.29, 0.717) is 5.92 Å². The molecule has 0 spiro atoms. The van der Waals surface area contributed by atoms with Crippen molar-refractivity contribution < 1.29 is 19.1 Å². The van der Waals surface area contributed by atoms with Gasteiger partial charge in [-0.25, -0.2) is 9.59 Å². The molecule has 1 aromatic rings. The van der Waals surface area contributed by atoms with E-state index >= 15 is 0 Å². The zero-order valence-electron chi connectivity index (χ0n) is 15.1. The maximum absolute atomic E-state index is 12.6. The van der Waals surface area contributed by atoms with E-state index < -0.39 is 11.9 Å². The van der Waals surface area contributed by atoms with Crippen LogP contribution in [-0.2, 0) is 9.53 Å². The Balaban J connectivity index is 2.16. The van der Waals surface area contributed by atoms with Crippen LogP contribution in [0.2, 0.25) is 0 Å². The number of esters is 2. The summed E-state index contributed by atoms with van der Waals surface area (Å²) in [6.07, 6.45) is 0.709. The molecule has 3 atom stereocenters. The van der Waals surface area contributed by atoms with Gasteiger partial charge in [0.15, 0.2) is 0 Å². The van der Waals surface area contributed by atoms with Crippen LogP contribution in [0.15, 0.2) is 36.4 Å². The quantitative estimate of drug-likeness (QED) is 0.466. The van der Waals surface area contributed by atoms with E-state index in [1.807, 2.05) is 0 Å². The lowest BCUT2D eigenvalue weighted by molar-refractivity contribution is -0.130. The molecule has 1 aliphatic rings. The highest BCUT2D eigenvalue weighted by molar-refractivity contribution is 5.95. The zero-order chi connectivity index (χ0) is 18.1. The van der Waals surface area contributed by atoms with Crippen LogP contribution >= 0.6 is 0 Å². The number of carbonyl (C=O) groups is 2. The summed E-state index contributed by atoms with van der Waals surface area (Å²) >= 11 is 0. The van der Waals surface area contributed by atoms with E-state index in [0.717, 1.165) is 6.42 Å². The smallest absolute Gasteiger partial charge is 0.342 e. The van der Waals surface area contributed by atoms with Crippen molar-refractivity contribution >= 4 is 11.9 Å². The molecule has 0 aliphatic heterocycles. The van der Waals surface area contributed by atoms with Gasteiger partial charge in [-0.3, -0.25) is 0 Å². The third-order valence-electron chi connectivity index (χ3n) is 5.50.